The van der Waals surface area contributed by atoms with Crippen molar-refractivity contribution >= 4 is 34.3 Å². The third-order valence-electron chi connectivity index (χ3n) is 2.34. The van der Waals surface area contributed by atoms with Crippen LogP contribution in [-0.4, -0.2) is 21.6 Å². The Hall–Kier alpha value is -0.450. The fourth-order valence-corrected chi connectivity index (χ4v) is 3.70. The van der Waals surface area contributed by atoms with Gasteiger partial charge in [0.25, 0.3) is 0 Å². The van der Waals surface area contributed by atoms with Gasteiger partial charge in [0, 0.05) is 16.2 Å². The van der Waals surface area contributed by atoms with Gasteiger partial charge in [-0.1, -0.05) is 12.1 Å². The van der Waals surface area contributed by atoms with E-state index in [-0.39, 0.29) is 5.54 Å². The van der Waals surface area contributed by atoms with Crippen molar-refractivity contribution in [2.45, 2.75) is 36.5 Å². The van der Waals surface area contributed by atoms with Crippen molar-refractivity contribution in [3.63, 3.8) is 0 Å². The van der Waals surface area contributed by atoms with Gasteiger partial charge in [-0.05, 0) is 32.9 Å². The molecule has 1 aliphatic rings. The van der Waals surface area contributed by atoms with Crippen molar-refractivity contribution in [3.05, 3.63) is 24.3 Å². The van der Waals surface area contributed by atoms with Crippen LogP contribution < -0.4 is 5.73 Å². The number of nitrogens with zero attached hydrogens (tertiary/aromatic N) is 1. The van der Waals surface area contributed by atoms with Crippen LogP contribution in [0.25, 0.3) is 0 Å². The van der Waals surface area contributed by atoms with Crippen LogP contribution in [0.1, 0.15) is 20.8 Å². The topological polar surface area (TPSA) is 38.4 Å². The molecule has 0 saturated heterocycles. The quantitative estimate of drug-likeness (QED) is 0.887. The second-order valence-electron chi connectivity index (χ2n) is 4.96. The van der Waals surface area contributed by atoms with Crippen molar-refractivity contribution in [2.75, 3.05) is 5.75 Å². The van der Waals surface area contributed by atoms with E-state index in [0.717, 1.165) is 11.4 Å². The lowest BCUT2D eigenvalue weighted by Crippen LogP contribution is -2.35. The highest BCUT2D eigenvalue weighted by atomic mass is 32.2. The fraction of sp³-hybridized carbons (Fsp3) is 0.462. The zero-order chi connectivity index (χ0) is 12.5. The Bertz CT molecular complexity index is 435. The zero-order valence-electron chi connectivity index (χ0n) is 10.4. The second-order valence-corrected chi connectivity index (χ2v) is 7.33. The van der Waals surface area contributed by atoms with Crippen molar-refractivity contribution in [2.24, 2.45) is 10.7 Å². The van der Waals surface area contributed by atoms with Gasteiger partial charge < -0.3 is 5.73 Å². The Labute approximate surface area is 111 Å². The molecule has 2 nitrogen and oxygen atoms in total. The average Bonchev–Trinajstić information content (AvgIpc) is 2.25. The Kier molecular flexibility index (Phi) is 3.85. The molecule has 1 unspecified atom stereocenters. The van der Waals surface area contributed by atoms with Crippen molar-refractivity contribution in [3.8, 4) is 0 Å². The van der Waals surface area contributed by atoms with Gasteiger partial charge in [-0.15, -0.1) is 23.5 Å². The zero-order valence-corrected chi connectivity index (χ0v) is 12.1. The van der Waals surface area contributed by atoms with Crippen LogP contribution in [0.4, 0.5) is 5.69 Å². The predicted octanol–water partition coefficient (Wildman–Crippen LogP) is 3.68. The maximum Gasteiger partial charge on any atom is 0.0870 e. The minimum absolute atomic E-state index is 0.144. The van der Waals surface area contributed by atoms with Crippen LogP contribution in [0.3, 0.4) is 0 Å². The summed E-state index contributed by atoms with van der Waals surface area (Å²) < 4.78 is 0. The number of para-hydroxylation sites is 1. The molecule has 4 heteroatoms. The third kappa shape index (κ3) is 3.50. The number of benzene rings is 1. The van der Waals surface area contributed by atoms with Gasteiger partial charge in [0.2, 0.25) is 0 Å². The van der Waals surface area contributed by atoms with Gasteiger partial charge in [-0.25, -0.2) is 4.99 Å². The SMILES string of the molecule is CC1Sc2ccccc2N=C1SCC(C)(C)N. The molecule has 0 saturated carbocycles. The summed E-state index contributed by atoms with van der Waals surface area (Å²) in [5, 5.41) is 1.62. The number of hydrogen-bond acceptors (Lipinski definition) is 4. The van der Waals surface area contributed by atoms with Crippen LogP contribution >= 0.6 is 23.5 Å². The van der Waals surface area contributed by atoms with Crippen molar-refractivity contribution in [1.29, 1.82) is 0 Å². The van der Waals surface area contributed by atoms with Gasteiger partial charge in [-0.3, -0.25) is 0 Å². The molecule has 0 spiro atoms. The first-order valence-electron chi connectivity index (χ1n) is 5.72. The van der Waals surface area contributed by atoms with Crippen LogP contribution in [-0.2, 0) is 0 Å². The molecule has 1 aromatic rings. The molecule has 0 amide bonds. The summed E-state index contributed by atoms with van der Waals surface area (Å²) in [6.45, 7) is 6.31. The highest BCUT2D eigenvalue weighted by molar-refractivity contribution is 8.16. The molecule has 0 radical (unpaired) electrons. The summed E-state index contributed by atoms with van der Waals surface area (Å²) in [6, 6.07) is 8.31. The smallest absolute Gasteiger partial charge is 0.0870 e. The summed E-state index contributed by atoms with van der Waals surface area (Å²) in [5.74, 6) is 0.902. The maximum atomic E-state index is 6.01. The molecule has 2 N–H and O–H groups in total. The molecule has 0 aliphatic carbocycles. The second kappa shape index (κ2) is 5.04. The number of fused-ring (bicyclic) bond motifs is 1. The van der Waals surface area contributed by atoms with E-state index >= 15 is 0 Å². The van der Waals surface area contributed by atoms with Crippen molar-refractivity contribution in [1.82, 2.24) is 0 Å². The van der Waals surface area contributed by atoms with E-state index in [1.807, 2.05) is 17.8 Å². The Morgan fingerprint density at radius 2 is 2.12 bits per heavy atom. The maximum absolute atomic E-state index is 6.01. The average molecular weight is 266 g/mol. The number of aliphatic imine (C=N–C) groups is 1. The molecular formula is C13H18N2S2. The first-order chi connectivity index (χ1) is 7.96. The molecule has 17 heavy (non-hydrogen) atoms. The van der Waals surface area contributed by atoms with E-state index < -0.39 is 0 Å². The molecule has 0 aromatic heterocycles. The highest BCUT2D eigenvalue weighted by Crippen LogP contribution is 2.40. The van der Waals surface area contributed by atoms with Crippen molar-refractivity contribution < 1.29 is 0 Å². The van der Waals surface area contributed by atoms with E-state index in [9.17, 15) is 0 Å². The van der Waals surface area contributed by atoms with Crippen LogP contribution in [0.5, 0.6) is 0 Å². The van der Waals surface area contributed by atoms with E-state index in [1.54, 1.807) is 11.8 Å². The Morgan fingerprint density at radius 1 is 1.41 bits per heavy atom. The molecule has 92 valence electrons. The molecule has 1 atom stereocenters. The predicted molar refractivity (Wildman–Crippen MR) is 79.6 cm³/mol. The largest absolute Gasteiger partial charge is 0.325 e. The molecule has 1 aromatic carbocycles. The lowest BCUT2D eigenvalue weighted by Gasteiger charge is -2.24. The number of rotatable bonds is 2. The van der Waals surface area contributed by atoms with E-state index in [1.165, 1.54) is 9.94 Å². The minimum Gasteiger partial charge on any atom is -0.325 e. The first-order valence-corrected chi connectivity index (χ1v) is 7.58. The van der Waals surface area contributed by atoms with Gasteiger partial charge in [-0.2, -0.15) is 0 Å². The Morgan fingerprint density at radius 3 is 2.82 bits per heavy atom. The fourth-order valence-electron chi connectivity index (χ4n) is 1.51. The van der Waals surface area contributed by atoms with Crippen LogP contribution in [0, 0.1) is 0 Å². The van der Waals surface area contributed by atoms with Gasteiger partial charge in [0.1, 0.15) is 0 Å². The molecule has 0 fully saturated rings. The van der Waals surface area contributed by atoms with Crippen LogP contribution in [0.2, 0.25) is 0 Å². The number of nitrogens with two attached hydrogens (primary N) is 1. The summed E-state index contributed by atoms with van der Waals surface area (Å²) in [6.07, 6.45) is 0. The summed E-state index contributed by atoms with van der Waals surface area (Å²) in [5.41, 5.74) is 6.96. The van der Waals surface area contributed by atoms with E-state index in [4.69, 9.17) is 10.7 Å². The summed E-state index contributed by atoms with van der Waals surface area (Å²) in [7, 11) is 0. The van der Waals surface area contributed by atoms with Crippen LogP contribution in [0.15, 0.2) is 34.2 Å². The standard InChI is InChI=1S/C13H18N2S2/c1-9-12(16-8-13(2,3)14)15-10-6-4-5-7-11(10)17-9/h4-7,9H,8,14H2,1-3H3. The molecule has 1 aliphatic heterocycles. The lowest BCUT2D eigenvalue weighted by molar-refractivity contribution is 0.592. The first kappa shape index (κ1) is 13.0. The molecule has 0 bridgehead atoms. The summed E-state index contributed by atoms with van der Waals surface area (Å²) >= 11 is 3.66. The normalized spacial score (nSPS) is 19.8. The molecule has 1 heterocycles. The van der Waals surface area contributed by atoms with Gasteiger partial charge in [0.05, 0.1) is 16.0 Å². The summed E-state index contributed by atoms with van der Waals surface area (Å²) in [4.78, 5) is 6.01. The Balaban J connectivity index is 2.15. The highest BCUT2D eigenvalue weighted by Gasteiger charge is 2.22. The monoisotopic (exact) mass is 266 g/mol. The van der Waals surface area contributed by atoms with Gasteiger partial charge >= 0.3 is 0 Å². The third-order valence-corrected chi connectivity index (χ3v) is 5.29. The minimum atomic E-state index is -0.144. The number of hydrogen-bond donors (Lipinski definition) is 1. The molecular weight excluding hydrogens is 248 g/mol. The van der Waals surface area contributed by atoms with E-state index in [0.29, 0.717) is 5.25 Å². The van der Waals surface area contributed by atoms with E-state index in [2.05, 4.69) is 39.0 Å². The number of thioether (sulfide) groups is 2. The molecule has 2 rings (SSSR count). The van der Waals surface area contributed by atoms with Gasteiger partial charge in [0.15, 0.2) is 0 Å². The lowest BCUT2D eigenvalue weighted by atomic mass is 10.1.